The third-order valence-corrected chi connectivity index (χ3v) is 10.8. The van der Waals surface area contributed by atoms with Crippen LogP contribution < -0.4 is 4.90 Å². The van der Waals surface area contributed by atoms with Gasteiger partial charge in [-0.05, 0) is 91.4 Å². The van der Waals surface area contributed by atoms with Gasteiger partial charge in [-0.15, -0.1) is 0 Å². The van der Waals surface area contributed by atoms with Crippen LogP contribution in [-0.2, 0) is 16.2 Å². The van der Waals surface area contributed by atoms with Gasteiger partial charge in [-0.1, -0.05) is 152 Å². The van der Waals surface area contributed by atoms with Gasteiger partial charge in [0.05, 0.1) is 5.69 Å². The molecule has 0 atom stereocenters. The maximum Gasteiger partial charge on any atom is 0.0540 e. The molecule has 0 N–H and O–H groups in total. The molecule has 2 aliphatic rings. The van der Waals surface area contributed by atoms with E-state index < -0.39 is 0 Å². The largest absolute Gasteiger partial charge is 0.310 e. The molecule has 2 aliphatic carbocycles. The van der Waals surface area contributed by atoms with E-state index in [0.717, 1.165) is 11.4 Å². The van der Waals surface area contributed by atoms with Crippen molar-refractivity contribution in [2.24, 2.45) is 0 Å². The third kappa shape index (κ3) is 4.43. The van der Waals surface area contributed by atoms with Gasteiger partial charge in [-0.25, -0.2) is 0 Å². The van der Waals surface area contributed by atoms with Crippen LogP contribution in [0.3, 0.4) is 0 Å². The van der Waals surface area contributed by atoms with E-state index in [1.807, 2.05) is 0 Å². The van der Waals surface area contributed by atoms with Crippen LogP contribution in [0.15, 0.2) is 133 Å². The third-order valence-electron chi connectivity index (χ3n) is 10.8. The summed E-state index contributed by atoms with van der Waals surface area (Å²) in [4.78, 5) is 2.45. The van der Waals surface area contributed by atoms with Gasteiger partial charge in [0.25, 0.3) is 0 Å². The fraction of sp³-hybridized carbons (Fsp3) is 0.217. The maximum absolute atomic E-state index is 2.46. The quantitative estimate of drug-likeness (QED) is 0.192. The van der Waals surface area contributed by atoms with Crippen LogP contribution in [0.4, 0.5) is 17.1 Å². The first-order chi connectivity index (χ1) is 22.5. The minimum atomic E-state index is -0.0871. The van der Waals surface area contributed by atoms with Crippen molar-refractivity contribution in [3.05, 3.63) is 161 Å². The van der Waals surface area contributed by atoms with Gasteiger partial charge in [-0.2, -0.15) is 0 Å². The number of nitrogens with zero attached hydrogens (tertiary/aromatic N) is 1. The van der Waals surface area contributed by atoms with Crippen molar-refractivity contribution in [2.45, 2.75) is 64.7 Å². The predicted molar refractivity (Wildman–Crippen MR) is 200 cm³/mol. The second-order valence-electron chi connectivity index (χ2n) is 15.5. The molecule has 47 heavy (non-hydrogen) atoms. The van der Waals surface area contributed by atoms with Gasteiger partial charge >= 0.3 is 0 Å². The molecule has 232 valence electrons. The second-order valence-corrected chi connectivity index (χ2v) is 15.5. The standard InChI is InChI=1S/C46H43N/c1-44(2,3)30-24-26-36-41(28-30)46(6,7)40-22-15-20-35(43(36)40)34-19-12-14-23-42(34)47(31-16-9-8-10-17-31)32-25-27-39-37(29-32)33-18-11-13-21-38(33)45(39,4)5/h8-29H,1-7H3. The lowest BCUT2D eigenvalue weighted by Gasteiger charge is -2.29. The molecule has 0 fully saturated rings. The summed E-state index contributed by atoms with van der Waals surface area (Å²) in [5.41, 5.74) is 18.3. The average molecular weight is 610 g/mol. The minimum Gasteiger partial charge on any atom is -0.310 e. The van der Waals surface area contributed by atoms with E-state index in [1.54, 1.807) is 0 Å². The highest BCUT2D eigenvalue weighted by atomic mass is 15.1. The van der Waals surface area contributed by atoms with Crippen molar-refractivity contribution in [1.29, 1.82) is 0 Å². The molecule has 0 radical (unpaired) electrons. The van der Waals surface area contributed by atoms with E-state index in [4.69, 9.17) is 0 Å². The van der Waals surface area contributed by atoms with Crippen LogP contribution in [0.25, 0.3) is 33.4 Å². The summed E-state index contributed by atoms with van der Waals surface area (Å²) in [6, 6.07) is 49.9. The Balaban J connectivity index is 1.35. The van der Waals surface area contributed by atoms with Gasteiger partial charge in [0.15, 0.2) is 0 Å². The van der Waals surface area contributed by atoms with E-state index in [2.05, 4.69) is 187 Å². The molecule has 0 saturated carbocycles. The fourth-order valence-electron chi connectivity index (χ4n) is 8.23. The van der Waals surface area contributed by atoms with Gasteiger partial charge in [-0.3, -0.25) is 0 Å². The van der Waals surface area contributed by atoms with E-state index in [-0.39, 0.29) is 16.2 Å². The van der Waals surface area contributed by atoms with Crippen molar-refractivity contribution in [3.8, 4) is 33.4 Å². The van der Waals surface area contributed by atoms with Crippen LogP contribution in [0.5, 0.6) is 0 Å². The normalized spacial score (nSPS) is 15.0. The first-order valence-electron chi connectivity index (χ1n) is 17.0. The molecule has 6 aromatic rings. The Morgan fingerprint density at radius 1 is 0.426 bits per heavy atom. The van der Waals surface area contributed by atoms with Gasteiger partial charge < -0.3 is 4.90 Å². The molecule has 0 saturated heterocycles. The van der Waals surface area contributed by atoms with Gasteiger partial charge in [0.1, 0.15) is 0 Å². The maximum atomic E-state index is 2.46. The molecule has 0 aromatic heterocycles. The number of hydrogen-bond acceptors (Lipinski definition) is 1. The lowest BCUT2D eigenvalue weighted by atomic mass is 9.79. The first kappa shape index (κ1) is 29.5. The Morgan fingerprint density at radius 2 is 1.04 bits per heavy atom. The molecule has 1 heteroatoms. The number of para-hydroxylation sites is 2. The zero-order chi connectivity index (χ0) is 32.7. The monoisotopic (exact) mass is 609 g/mol. The van der Waals surface area contributed by atoms with E-state index in [1.165, 1.54) is 66.9 Å². The van der Waals surface area contributed by atoms with Crippen LogP contribution in [0.1, 0.15) is 76.3 Å². The topological polar surface area (TPSA) is 3.24 Å². The fourth-order valence-corrected chi connectivity index (χ4v) is 8.23. The zero-order valence-electron chi connectivity index (χ0n) is 28.6. The Morgan fingerprint density at radius 3 is 1.81 bits per heavy atom. The summed E-state index contributed by atoms with van der Waals surface area (Å²) >= 11 is 0. The van der Waals surface area contributed by atoms with E-state index in [9.17, 15) is 0 Å². The summed E-state index contributed by atoms with van der Waals surface area (Å²) in [6.07, 6.45) is 0. The Hall–Kier alpha value is -4.88. The lowest BCUT2D eigenvalue weighted by molar-refractivity contribution is 0.584. The predicted octanol–water partition coefficient (Wildman–Crippen LogP) is 12.7. The van der Waals surface area contributed by atoms with Gasteiger partial charge in [0, 0.05) is 27.8 Å². The minimum absolute atomic E-state index is 0.0302. The van der Waals surface area contributed by atoms with Crippen molar-refractivity contribution in [3.63, 3.8) is 0 Å². The summed E-state index contributed by atoms with van der Waals surface area (Å²) in [7, 11) is 0. The number of hydrogen-bond donors (Lipinski definition) is 0. The highest BCUT2D eigenvalue weighted by Gasteiger charge is 2.39. The van der Waals surface area contributed by atoms with Crippen molar-refractivity contribution in [1.82, 2.24) is 0 Å². The van der Waals surface area contributed by atoms with Gasteiger partial charge in [0.2, 0.25) is 0 Å². The first-order valence-corrected chi connectivity index (χ1v) is 17.0. The van der Waals surface area contributed by atoms with Crippen LogP contribution in [0, 0.1) is 0 Å². The van der Waals surface area contributed by atoms with Crippen molar-refractivity contribution >= 4 is 17.1 Å². The highest BCUT2D eigenvalue weighted by molar-refractivity contribution is 5.98. The smallest absolute Gasteiger partial charge is 0.0540 e. The SMILES string of the molecule is CC(C)(C)c1ccc2c(c1)C(C)(C)c1cccc(-c3ccccc3N(c3ccccc3)c3ccc4c(c3)-c3ccccc3C4(C)C)c1-2. The number of rotatable bonds is 4. The van der Waals surface area contributed by atoms with Crippen LogP contribution in [-0.4, -0.2) is 0 Å². The summed E-state index contributed by atoms with van der Waals surface area (Å²) in [6.45, 7) is 16.4. The molecule has 8 rings (SSSR count). The Kier molecular flexibility index (Phi) is 6.48. The highest BCUT2D eigenvalue weighted by Crippen LogP contribution is 2.55. The molecular formula is C46H43N. The van der Waals surface area contributed by atoms with Crippen molar-refractivity contribution < 1.29 is 0 Å². The summed E-state index contributed by atoms with van der Waals surface area (Å²) < 4.78 is 0. The van der Waals surface area contributed by atoms with E-state index in [0.29, 0.717) is 0 Å². The number of anilines is 3. The summed E-state index contributed by atoms with van der Waals surface area (Å²) in [5.74, 6) is 0. The average Bonchev–Trinajstić information content (AvgIpc) is 3.44. The zero-order valence-corrected chi connectivity index (χ0v) is 28.6. The van der Waals surface area contributed by atoms with Crippen molar-refractivity contribution in [2.75, 3.05) is 4.90 Å². The molecule has 0 amide bonds. The second kappa shape index (κ2) is 10.3. The molecule has 0 spiro atoms. The molecular weight excluding hydrogens is 567 g/mol. The van der Waals surface area contributed by atoms with E-state index >= 15 is 0 Å². The molecule has 1 nitrogen and oxygen atoms in total. The molecule has 6 aromatic carbocycles. The Labute approximate surface area is 280 Å². The molecule has 0 heterocycles. The lowest BCUT2D eigenvalue weighted by Crippen LogP contribution is -2.17. The van der Waals surface area contributed by atoms with Crippen LogP contribution in [0.2, 0.25) is 0 Å². The van der Waals surface area contributed by atoms with Crippen LogP contribution >= 0.6 is 0 Å². The molecule has 0 unspecified atom stereocenters. The Bertz CT molecular complexity index is 2170. The molecule has 0 aliphatic heterocycles. The number of fused-ring (bicyclic) bond motifs is 6. The molecule has 0 bridgehead atoms. The number of benzene rings is 6. The summed E-state index contributed by atoms with van der Waals surface area (Å²) in [5, 5.41) is 0.